The molecule has 0 radical (unpaired) electrons. The number of benzene rings is 1. The number of carbonyl (C=O) groups is 1. The van der Waals surface area contributed by atoms with Crippen LogP contribution in [0.4, 0.5) is 0 Å². The van der Waals surface area contributed by atoms with Crippen molar-refractivity contribution in [1.29, 1.82) is 0 Å². The van der Waals surface area contributed by atoms with Gasteiger partial charge in [0.2, 0.25) is 0 Å². The third-order valence-electron chi connectivity index (χ3n) is 2.35. The van der Waals surface area contributed by atoms with E-state index < -0.39 is 0 Å². The number of nitrogens with one attached hydrogen (secondary N) is 1. The molecule has 16 heavy (non-hydrogen) atoms. The first-order valence-electron chi connectivity index (χ1n) is 5.44. The highest BCUT2D eigenvalue weighted by molar-refractivity contribution is 5.69. The molecule has 0 amide bonds. The van der Waals surface area contributed by atoms with Gasteiger partial charge in [0.25, 0.3) is 0 Å². The van der Waals surface area contributed by atoms with Crippen LogP contribution in [-0.4, -0.2) is 12.6 Å². The van der Waals surface area contributed by atoms with Crippen molar-refractivity contribution < 1.29 is 9.53 Å². The molecule has 0 heterocycles. The van der Waals surface area contributed by atoms with Gasteiger partial charge in [-0.2, -0.15) is 0 Å². The molecule has 0 aliphatic heterocycles. The lowest BCUT2D eigenvalue weighted by Crippen LogP contribution is -2.28. The molecule has 0 spiro atoms. The Balaban J connectivity index is 2.47. The molecular weight excluding hydrogens is 204 g/mol. The summed E-state index contributed by atoms with van der Waals surface area (Å²) < 4.78 is 4.87. The molecule has 4 heteroatoms. The van der Waals surface area contributed by atoms with Crippen molar-refractivity contribution in [1.82, 2.24) is 5.43 Å². The normalized spacial score (nSPS) is 12.1. The zero-order valence-corrected chi connectivity index (χ0v) is 9.48. The van der Waals surface area contributed by atoms with Crippen molar-refractivity contribution in [2.24, 2.45) is 5.84 Å². The number of hydrazine groups is 1. The number of esters is 1. The van der Waals surface area contributed by atoms with Gasteiger partial charge in [0.1, 0.15) is 0 Å². The van der Waals surface area contributed by atoms with E-state index in [2.05, 4.69) is 5.43 Å². The zero-order chi connectivity index (χ0) is 11.8. The quantitative estimate of drug-likeness (QED) is 0.435. The summed E-state index contributed by atoms with van der Waals surface area (Å²) in [7, 11) is 0. The maximum atomic E-state index is 11.2. The summed E-state index contributed by atoms with van der Waals surface area (Å²) in [5.74, 6) is 5.28. The Hall–Kier alpha value is -1.39. The molecule has 0 aliphatic carbocycles. The van der Waals surface area contributed by atoms with E-state index in [0.717, 1.165) is 5.56 Å². The van der Waals surface area contributed by atoms with Crippen molar-refractivity contribution in [2.45, 2.75) is 25.8 Å². The first-order valence-corrected chi connectivity index (χ1v) is 5.44. The van der Waals surface area contributed by atoms with Crippen molar-refractivity contribution in [2.75, 3.05) is 6.61 Å². The summed E-state index contributed by atoms with van der Waals surface area (Å²) in [6.07, 6.45) is 1.01. The zero-order valence-electron chi connectivity index (χ0n) is 9.48. The molecule has 88 valence electrons. The second-order valence-electron chi connectivity index (χ2n) is 3.47. The maximum Gasteiger partial charge on any atom is 0.305 e. The van der Waals surface area contributed by atoms with Crippen molar-refractivity contribution in [3.63, 3.8) is 0 Å². The van der Waals surface area contributed by atoms with E-state index in [1.807, 2.05) is 30.3 Å². The van der Waals surface area contributed by atoms with Gasteiger partial charge >= 0.3 is 5.97 Å². The highest BCUT2D eigenvalue weighted by atomic mass is 16.5. The molecule has 0 aromatic heterocycles. The lowest BCUT2D eigenvalue weighted by Gasteiger charge is -2.15. The van der Waals surface area contributed by atoms with Crippen LogP contribution in [0, 0.1) is 0 Å². The minimum Gasteiger partial charge on any atom is -0.466 e. The third kappa shape index (κ3) is 4.00. The Labute approximate surface area is 95.8 Å². The number of hydrogen-bond donors (Lipinski definition) is 2. The van der Waals surface area contributed by atoms with Gasteiger partial charge in [-0.25, -0.2) is 0 Å². The van der Waals surface area contributed by atoms with Crippen molar-refractivity contribution in [3.05, 3.63) is 35.9 Å². The number of hydrogen-bond acceptors (Lipinski definition) is 4. The van der Waals surface area contributed by atoms with E-state index >= 15 is 0 Å². The van der Waals surface area contributed by atoms with Gasteiger partial charge in [-0.15, -0.1) is 0 Å². The smallest absolute Gasteiger partial charge is 0.305 e. The summed E-state index contributed by atoms with van der Waals surface area (Å²) in [4.78, 5) is 11.2. The summed E-state index contributed by atoms with van der Waals surface area (Å²) in [6.45, 7) is 2.22. The lowest BCUT2D eigenvalue weighted by atomic mass is 10.0. The van der Waals surface area contributed by atoms with Crippen LogP contribution in [0.2, 0.25) is 0 Å². The summed E-state index contributed by atoms with van der Waals surface area (Å²) >= 11 is 0. The first-order chi connectivity index (χ1) is 7.77. The Morgan fingerprint density at radius 1 is 1.44 bits per heavy atom. The summed E-state index contributed by atoms with van der Waals surface area (Å²) in [5.41, 5.74) is 3.79. The second-order valence-corrected chi connectivity index (χ2v) is 3.47. The number of rotatable bonds is 6. The average Bonchev–Trinajstić information content (AvgIpc) is 2.31. The summed E-state index contributed by atoms with van der Waals surface area (Å²) in [6, 6.07) is 9.80. The fourth-order valence-corrected chi connectivity index (χ4v) is 1.53. The standard InChI is InChI=1S/C12H18N2O2/c1-2-16-12(15)9-8-11(14-13)10-6-4-3-5-7-10/h3-7,11,14H,2,8-9,13H2,1H3. The Morgan fingerprint density at radius 3 is 2.69 bits per heavy atom. The highest BCUT2D eigenvalue weighted by Gasteiger charge is 2.11. The Morgan fingerprint density at radius 2 is 2.12 bits per heavy atom. The van der Waals surface area contributed by atoms with E-state index in [9.17, 15) is 4.79 Å². The van der Waals surface area contributed by atoms with Gasteiger partial charge in [0.15, 0.2) is 0 Å². The third-order valence-corrected chi connectivity index (χ3v) is 2.35. The van der Waals surface area contributed by atoms with Crippen LogP contribution in [0.1, 0.15) is 31.4 Å². The molecule has 1 aromatic rings. The van der Waals surface area contributed by atoms with Crippen LogP contribution in [-0.2, 0) is 9.53 Å². The highest BCUT2D eigenvalue weighted by Crippen LogP contribution is 2.17. The Kier molecular flexibility index (Phi) is 5.53. The van der Waals surface area contributed by atoms with Crippen LogP contribution in [0.5, 0.6) is 0 Å². The minimum atomic E-state index is -0.182. The van der Waals surface area contributed by atoms with E-state index in [0.29, 0.717) is 19.4 Å². The predicted molar refractivity (Wildman–Crippen MR) is 62.4 cm³/mol. The van der Waals surface area contributed by atoms with Gasteiger partial charge < -0.3 is 4.74 Å². The van der Waals surface area contributed by atoms with Gasteiger partial charge in [0, 0.05) is 12.5 Å². The molecule has 0 fully saturated rings. The van der Waals surface area contributed by atoms with E-state index in [1.54, 1.807) is 6.92 Å². The van der Waals surface area contributed by atoms with Crippen LogP contribution < -0.4 is 11.3 Å². The van der Waals surface area contributed by atoms with E-state index in [4.69, 9.17) is 10.6 Å². The van der Waals surface area contributed by atoms with Crippen molar-refractivity contribution in [3.8, 4) is 0 Å². The molecule has 1 rings (SSSR count). The molecule has 3 N–H and O–H groups in total. The Bertz CT molecular complexity index is 314. The van der Waals surface area contributed by atoms with Crippen molar-refractivity contribution >= 4 is 5.97 Å². The number of carbonyl (C=O) groups excluding carboxylic acids is 1. The fraction of sp³-hybridized carbons (Fsp3) is 0.417. The number of nitrogens with two attached hydrogens (primary N) is 1. The van der Waals surface area contributed by atoms with Crippen LogP contribution >= 0.6 is 0 Å². The fourth-order valence-electron chi connectivity index (χ4n) is 1.53. The molecule has 0 aliphatic rings. The molecular formula is C12H18N2O2. The van der Waals surface area contributed by atoms with Crippen LogP contribution in [0.3, 0.4) is 0 Å². The molecule has 1 unspecified atom stereocenters. The average molecular weight is 222 g/mol. The van der Waals surface area contributed by atoms with Gasteiger partial charge in [0.05, 0.1) is 6.61 Å². The van der Waals surface area contributed by atoms with Gasteiger partial charge in [-0.3, -0.25) is 16.1 Å². The van der Waals surface area contributed by atoms with E-state index in [1.165, 1.54) is 0 Å². The molecule has 0 bridgehead atoms. The van der Waals surface area contributed by atoms with Gasteiger partial charge in [-0.05, 0) is 18.9 Å². The van der Waals surface area contributed by atoms with Crippen LogP contribution in [0.15, 0.2) is 30.3 Å². The SMILES string of the molecule is CCOC(=O)CCC(NN)c1ccccc1. The van der Waals surface area contributed by atoms with Crippen LogP contribution in [0.25, 0.3) is 0 Å². The number of ether oxygens (including phenoxy) is 1. The second kappa shape index (κ2) is 6.98. The van der Waals surface area contributed by atoms with E-state index in [-0.39, 0.29) is 12.0 Å². The minimum absolute atomic E-state index is 0.00870. The monoisotopic (exact) mass is 222 g/mol. The lowest BCUT2D eigenvalue weighted by molar-refractivity contribution is -0.143. The summed E-state index contributed by atoms with van der Waals surface area (Å²) in [5, 5.41) is 0. The molecule has 1 aromatic carbocycles. The molecule has 0 saturated heterocycles. The maximum absolute atomic E-state index is 11.2. The molecule has 4 nitrogen and oxygen atoms in total. The van der Waals surface area contributed by atoms with Gasteiger partial charge in [-0.1, -0.05) is 30.3 Å². The predicted octanol–water partition coefficient (Wildman–Crippen LogP) is 1.53. The molecule has 1 atom stereocenters. The topological polar surface area (TPSA) is 64.3 Å². The molecule has 0 saturated carbocycles. The first kappa shape index (κ1) is 12.7. The largest absolute Gasteiger partial charge is 0.466 e.